The number of aliphatic carboxylic acids is 1. The zero-order valence-corrected chi connectivity index (χ0v) is 11.5. The van der Waals surface area contributed by atoms with E-state index in [0.29, 0.717) is 12.8 Å². The molecular formula is C13H24N2O3. The van der Waals surface area contributed by atoms with Gasteiger partial charge in [0.15, 0.2) is 0 Å². The van der Waals surface area contributed by atoms with Crippen LogP contribution in [0.15, 0.2) is 0 Å². The molecule has 0 aromatic rings. The standard InChI is InChI=1S/C13H24N2O3/c1-4-7-13(2,3)15-12(18)14-10-6-5-9(8-10)11(16)17/h9-10H,4-8H2,1-3H3,(H,16,17)(H2,14,15,18). The topological polar surface area (TPSA) is 78.4 Å². The minimum absolute atomic E-state index is 0.0106. The summed E-state index contributed by atoms with van der Waals surface area (Å²) in [5, 5.41) is 14.7. The van der Waals surface area contributed by atoms with E-state index < -0.39 is 5.97 Å². The molecule has 2 amide bonds. The molecule has 2 atom stereocenters. The molecule has 1 aliphatic carbocycles. The molecule has 104 valence electrons. The predicted octanol–water partition coefficient (Wildman–Crippen LogP) is 2.12. The van der Waals surface area contributed by atoms with Crippen LogP contribution in [0.5, 0.6) is 0 Å². The zero-order valence-electron chi connectivity index (χ0n) is 11.5. The lowest BCUT2D eigenvalue weighted by Crippen LogP contribution is -2.50. The van der Waals surface area contributed by atoms with Crippen molar-refractivity contribution in [2.24, 2.45) is 5.92 Å². The van der Waals surface area contributed by atoms with Crippen LogP contribution >= 0.6 is 0 Å². The highest BCUT2D eigenvalue weighted by atomic mass is 16.4. The van der Waals surface area contributed by atoms with Crippen molar-refractivity contribution in [1.82, 2.24) is 10.6 Å². The molecule has 0 heterocycles. The van der Waals surface area contributed by atoms with E-state index in [1.54, 1.807) is 0 Å². The van der Waals surface area contributed by atoms with Crippen molar-refractivity contribution in [3.8, 4) is 0 Å². The quantitative estimate of drug-likeness (QED) is 0.705. The van der Waals surface area contributed by atoms with Crippen LogP contribution in [0.25, 0.3) is 0 Å². The lowest BCUT2D eigenvalue weighted by Gasteiger charge is -2.27. The molecule has 0 radical (unpaired) electrons. The summed E-state index contributed by atoms with van der Waals surface area (Å²) in [7, 11) is 0. The number of carbonyl (C=O) groups is 2. The van der Waals surface area contributed by atoms with Crippen molar-refractivity contribution in [3.05, 3.63) is 0 Å². The highest BCUT2D eigenvalue weighted by Gasteiger charge is 2.31. The predicted molar refractivity (Wildman–Crippen MR) is 69.4 cm³/mol. The lowest BCUT2D eigenvalue weighted by molar-refractivity contribution is -0.141. The first-order valence-electron chi connectivity index (χ1n) is 6.65. The first-order valence-corrected chi connectivity index (χ1v) is 6.65. The number of carbonyl (C=O) groups excluding carboxylic acids is 1. The van der Waals surface area contributed by atoms with Gasteiger partial charge in [0.2, 0.25) is 0 Å². The fourth-order valence-electron chi connectivity index (χ4n) is 2.55. The second kappa shape index (κ2) is 6.07. The average molecular weight is 256 g/mol. The molecule has 0 aromatic carbocycles. The van der Waals surface area contributed by atoms with Crippen LogP contribution in [0.3, 0.4) is 0 Å². The monoisotopic (exact) mass is 256 g/mol. The Morgan fingerprint density at radius 1 is 1.33 bits per heavy atom. The van der Waals surface area contributed by atoms with Gasteiger partial charge in [-0.15, -0.1) is 0 Å². The number of carboxylic acid groups (broad SMARTS) is 1. The summed E-state index contributed by atoms with van der Waals surface area (Å²) < 4.78 is 0. The Balaban J connectivity index is 2.35. The van der Waals surface area contributed by atoms with Gasteiger partial charge in [0.1, 0.15) is 0 Å². The molecule has 5 heteroatoms. The number of nitrogens with one attached hydrogen (secondary N) is 2. The van der Waals surface area contributed by atoms with E-state index in [9.17, 15) is 9.59 Å². The van der Waals surface area contributed by atoms with Gasteiger partial charge < -0.3 is 15.7 Å². The Bertz CT molecular complexity index is 315. The van der Waals surface area contributed by atoms with Gasteiger partial charge in [0, 0.05) is 11.6 Å². The highest BCUT2D eigenvalue weighted by Crippen LogP contribution is 2.25. The maximum atomic E-state index is 11.8. The van der Waals surface area contributed by atoms with Crippen molar-refractivity contribution in [3.63, 3.8) is 0 Å². The maximum absolute atomic E-state index is 11.8. The molecule has 0 aromatic heterocycles. The molecular weight excluding hydrogens is 232 g/mol. The number of hydrogen-bond acceptors (Lipinski definition) is 2. The molecule has 3 N–H and O–H groups in total. The normalized spacial score (nSPS) is 23.7. The average Bonchev–Trinajstić information content (AvgIpc) is 2.64. The van der Waals surface area contributed by atoms with Crippen LogP contribution in [0, 0.1) is 5.92 Å². The largest absolute Gasteiger partial charge is 0.481 e. The fraction of sp³-hybridized carbons (Fsp3) is 0.846. The molecule has 0 spiro atoms. The molecule has 1 aliphatic rings. The summed E-state index contributed by atoms with van der Waals surface area (Å²) in [4.78, 5) is 22.6. The van der Waals surface area contributed by atoms with Gasteiger partial charge in [-0.3, -0.25) is 4.79 Å². The van der Waals surface area contributed by atoms with Crippen LogP contribution in [0.1, 0.15) is 52.9 Å². The molecule has 1 rings (SSSR count). The second-order valence-corrected chi connectivity index (χ2v) is 5.78. The van der Waals surface area contributed by atoms with Crippen molar-refractivity contribution in [1.29, 1.82) is 0 Å². The van der Waals surface area contributed by atoms with Crippen LogP contribution in [0.4, 0.5) is 4.79 Å². The Kier molecular flexibility index (Phi) is 4.99. The van der Waals surface area contributed by atoms with Crippen LogP contribution < -0.4 is 10.6 Å². The molecule has 1 fully saturated rings. The summed E-state index contributed by atoms with van der Waals surface area (Å²) in [6, 6.07) is -0.201. The Hall–Kier alpha value is -1.26. The number of hydrogen-bond donors (Lipinski definition) is 3. The molecule has 18 heavy (non-hydrogen) atoms. The SMILES string of the molecule is CCCC(C)(C)NC(=O)NC1CCC(C(=O)O)C1. The number of amides is 2. The third-order valence-corrected chi connectivity index (χ3v) is 3.44. The van der Waals surface area contributed by atoms with Crippen LogP contribution in [-0.4, -0.2) is 28.7 Å². The summed E-state index contributed by atoms with van der Waals surface area (Å²) in [5.41, 5.74) is -0.219. The molecule has 0 bridgehead atoms. The van der Waals surface area contributed by atoms with Gasteiger partial charge in [0.05, 0.1) is 5.92 Å². The van der Waals surface area contributed by atoms with E-state index >= 15 is 0 Å². The second-order valence-electron chi connectivity index (χ2n) is 5.78. The summed E-state index contributed by atoms with van der Waals surface area (Å²) in [6.45, 7) is 6.06. The molecule has 1 saturated carbocycles. The van der Waals surface area contributed by atoms with Gasteiger partial charge >= 0.3 is 12.0 Å². The van der Waals surface area contributed by atoms with Gasteiger partial charge in [-0.1, -0.05) is 13.3 Å². The van der Waals surface area contributed by atoms with Crippen LogP contribution in [0.2, 0.25) is 0 Å². The zero-order chi connectivity index (χ0) is 13.8. The highest BCUT2D eigenvalue weighted by molar-refractivity contribution is 5.75. The smallest absolute Gasteiger partial charge is 0.315 e. The third-order valence-electron chi connectivity index (χ3n) is 3.44. The van der Waals surface area contributed by atoms with E-state index in [1.807, 2.05) is 13.8 Å². The fourth-order valence-corrected chi connectivity index (χ4v) is 2.55. The van der Waals surface area contributed by atoms with E-state index in [-0.39, 0.29) is 23.5 Å². The minimum atomic E-state index is -0.758. The van der Waals surface area contributed by atoms with Crippen molar-refractivity contribution in [2.75, 3.05) is 0 Å². The molecule has 2 unspecified atom stereocenters. The molecule has 0 aliphatic heterocycles. The van der Waals surface area contributed by atoms with Gasteiger partial charge in [-0.25, -0.2) is 4.79 Å². The summed E-state index contributed by atoms with van der Waals surface area (Å²) in [5.74, 6) is -1.06. The Morgan fingerprint density at radius 2 is 2.00 bits per heavy atom. The minimum Gasteiger partial charge on any atom is -0.481 e. The van der Waals surface area contributed by atoms with Gasteiger partial charge in [0.25, 0.3) is 0 Å². The van der Waals surface area contributed by atoms with Gasteiger partial charge in [-0.05, 0) is 39.5 Å². The molecule has 0 saturated heterocycles. The number of rotatable bonds is 5. The lowest BCUT2D eigenvalue weighted by atomic mass is 9.99. The molecule has 5 nitrogen and oxygen atoms in total. The van der Waals surface area contributed by atoms with E-state index in [0.717, 1.165) is 19.3 Å². The maximum Gasteiger partial charge on any atom is 0.315 e. The van der Waals surface area contributed by atoms with Gasteiger partial charge in [-0.2, -0.15) is 0 Å². The van der Waals surface area contributed by atoms with E-state index in [1.165, 1.54) is 0 Å². The third kappa shape index (κ3) is 4.55. The Morgan fingerprint density at radius 3 is 2.50 bits per heavy atom. The first-order chi connectivity index (χ1) is 8.34. The number of carboxylic acids is 1. The van der Waals surface area contributed by atoms with Crippen LogP contribution in [-0.2, 0) is 4.79 Å². The Labute approximate surface area is 108 Å². The summed E-state index contributed by atoms with van der Waals surface area (Å²) >= 11 is 0. The van der Waals surface area contributed by atoms with E-state index in [2.05, 4.69) is 17.6 Å². The summed E-state index contributed by atoms with van der Waals surface area (Å²) in [6.07, 6.45) is 3.87. The first kappa shape index (κ1) is 14.8. The van der Waals surface area contributed by atoms with Crippen molar-refractivity contribution < 1.29 is 14.7 Å². The van der Waals surface area contributed by atoms with Crippen molar-refractivity contribution >= 4 is 12.0 Å². The number of urea groups is 1. The van der Waals surface area contributed by atoms with Crippen molar-refractivity contribution in [2.45, 2.75) is 64.5 Å². The van der Waals surface area contributed by atoms with E-state index in [4.69, 9.17) is 5.11 Å².